The summed E-state index contributed by atoms with van der Waals surface area (Å²) in [5.74, 6) is 1.16. The molecule has 1 spiro atoms. The summed E-state index contributed by atoms with van der Waals surface area (Å²) in [5.41, 5.74) is 4.96. The van der Waals surface area contributed by atoms with Gasteiger partial charge in [0.15, 0.2) is 0 Å². The van der Waals surface area contributed by atoms with Gasteiger partial charge >= 0.3 is 11.9 Å². The number of hydrogen-bond donors (Lipinski definition) is 4. The van der Waals surface area contributed by atoms with Gasteiger partial charge in [0.25, 0.3) is 11.8 Å². The molecule has 0 aromatic heterocycles. The van der Waals surface area contributed by atoms with E-state index in [1.807, 2.05) is 0 Å². The molecule has 2 amide bonds. The van der Waals surface area contributed by atoms with E-state index in [1.54, 1.807) is 28.5 Å². The molecule has 6 aliphatic carbocycles. The van der Waals surface area contributed by atoms with Crippen LogP contribution < -0.4 is 16.0 Å². The van der Waals surface area contributed by atoms with Crippen molar-refractivity contribution in [3.05, 3.63) is 81.2 Å². The molecular weight excluding hydrogens is 785 g/mol. The maximum atomic E-state index is 14.9. The van der Waals surface area contributed by atoms with Crippen LogP contribution in [0.4, 0.5) is 0 Å². The number of esters is 2. The van der Waals surface area contributed by atoms with E-state index in [2.05, 4.69) is 48.0 Å². The molecule has 11 rings (SSSR count). The van der Waals surface area contributed by atoms with Crippen molar-refractivity contribution in [1.82, 2.24) is 20.9 Å². The predicted molar refractivity (Wildman–Crippen MR) is 226 cm³/mol. The molecule has 9 atom stereocenters. The van der Waals surface area contributed by atoms with Crippen molar-refractivity contribution in [2.45, 2.75) is 103 Å². The van der Waals surface area contributed by atoms with Gasteiger partial charge in [0.2, 0.25) is 0 Å². The normalized spacial score (nSPS) is 36.4. The minimum atomic E-state index is -0.893. The van der Waals surface area contributed by atoms with Gasteiger partial charge in [0, 0.05) is 54.8 Å². The van der Waals surface area contributed by atoms with Gasteiger partial charge in [0.1, 0.15) is 11.5 Å². The highest BCUT2D eigenvalue weighted by molar-refractivity contribution is 8.76. The van der Waals surface area contributed by atoms with Gasteiger partial charge in [-0.3, -0.25) is 14.5 Å². The van der Waals surface area contributed by atoms with Crippen LogP contribution in [-0.4, -0.2) is 70.7 Å². The van der Waals surface area contributed by atoms with Gasteiger partial charge in [-0.25, -0.2) is 9.59 Å². The smallest absolute Gasteiger partial charge is 0.340 e. The number of ether oxygens (including phenoxy) is 2. The lowest BCUT2D eigenvalue weighted by molar-refractivity contribution is -0.138. The number of dihydropyridines is 1. The molecule has 5 aliphatic heterocycles. The van der Waals surface area contributed by atoms with Crippen LogP contribution in [0.15, 0.2) is 81.2 Å². The molecule has 314 valence electrons. The quantitative estimate of drug-likeness (QED) is 0.127. The first-order valence-corrected chi connectivity index (χ1v) is 24.4. The fourth-order valence-electron chi connectivity index (χ4n) is 13.1. The fraction of sp³-hybridized carbons (Fsp3) is 0.609. The van der Waals surface area contributed by atoms with E-state index in [9.17, 15) is 24.3 Å². The number of nitrogens with zero attached hydrogens (tertiary/aromatic N) is 1. The number of carbonyl (C=O) groups is 4. The Morgan fingerprint density at radius 3 is 2.58 bits per heavy atom. The van der Waals surface area contributed by atoms with Crippen LogP contribution in [0.5, 0.6) is 0 Å². The molecule has 1 saturated heterocycles. The van der Waals surface area contributed by atoms with E-state index >= 15 is 0 Å². The van der Waals surface area contributed by atoms with Crippen LogP contribution in [0.25, 0.3) is 0 Å². The van der Waals surface area contributed by atoms with E-state index < -0.39 is 17.4 Å². The summed E-state index contributed by atoms with van der Waals surface area (Å²) in [6, 6.07) is 0. The molecule has 11 aliphatic rings. The molecule has 2 saturated carbocycles. The number of fused-ring (bicyclic) bond motifs is 2. The number of amides is 2. The SMILES string of the molecule is CCC1(C2=C3OC(=O)C4=C3C(CC2)CC2C3CCC5(C6=CCC(C)C(NCC(C)O)SSCNC7=CC(=CCN7)C(CN7C(=O)C=CC7=O)C3=C5C(=O)O6)C42)CCCC1. The largest absolute Gasteiger partial charge is 0.427 e. The van der Waals surface area contributed by atoms with Crippen molar-refractivity contribution in [3.8, 4) is 0 Å². The molecule has 4 N–H and O–H groups in total. The predicted octanol–water partition coefficient (Wildman–Crippen LogP) is 6.43. The second kappa shape index (κ2) is 15.1. The first-order valence-electron chi connectivity index (χ1n) is 22.0. The molecule has 5 heterocycles. The summed E-state index contributed by atoms with van der Waals surface area (Å²) in [5, 5.41) is 20.8. The Bertz CT molecular complexity index is 2090. The summed E-state index contributed by atoms with van der Waals surface area (Å²) in [6.45, 7) is 7.36. The van der Waals surface area contributed by atoms with Gasteiger partial charge in [-0.15, -0.1) is 0 Å². The van der Waals surface area contributed by atoms with Gasteiger partial charge < -0.3 is 30.5 Å². The maximum Gasteiger partial charge on any atom is 0.340 e. The average Bonchev–Trinajstić information content (AvgIpc) is 4.00. The second-order valence-electron chi connectivity index (χ2n) is 18.6. The van der Waals surface area contributed by atoms with Crippen molar-refractivity contribution in [2.75, 3.05) is 25.5 Å². The Kier molecular flexibility index (Phi) is 10.2. The van der Waals surface area contributed by atoms with E-state index in [4.69, 9.17) is 9.47 Å². The molecule has 7 bridgehead atoms. The van der Waals surface area contributed by atoms with Gasteiger partial charge in [-0.1, -0.05) is 54.4 Å². The number of aliphatic hydroxyl groups excluding tert-OH is 1. The van der Waals surface area contributed by atoms with Crippen LogP contribution in [-0.2, 0) is 28.7 Å². The van der Waals surface area contributed by atoms with Crippen LogP contribution in [0, 0.1) is 46.3 Å². The van der Waals surface area contributed by atoms with E-state index in [0.29, 0.717) is 43.1 Å². The second-order valence-corrected chi connectivity index (χ2v) is 21.1. The van der Waals surface area contributed by atoms with Crippen LogP contribution >= 0.6 is 21.6 Å². The third kappa shape index (κ3) is 6.21. The van der Waals surface area contributed by atoms with Crippen molar-refractivity contribution in [2.24, 2.45) is 46.3 Å². The number of imide groups is 1. The minimum Gasteiger partial charge on any atom is -0.427 e. The summed E-state index contributed by atoms with van der Waals surface area (Å²) in [4.78, 5) is 57.6. The molecule has 3 fully saturated rings. The average molecular weight is 841 g/mol. The highest BCUT2D eigenvalue weighted by Crippen LogP contribution is 2.73. The lowest BCUT2D eigenvalue weighted by Crippen LogP contribution is -2.55. The Labute approximate surface area is 354 Å². The first kappa shape index (κ1) is 39.6. The lowest BCUT2D eigenvalue weighted by atomic mass is 9.42. The van der Waals surface area contributed by atoms with Crippen LogP contribution in [0.3, 0.4) is 0 Å². The molecule has 0 radical (unpaired) electrons. The first-order chi connectivity index (χ1) is 28.5. The van der Waals surface area contributed by atoms with E-state index in [1.165, 1.54) is 35.5 Å². The van der Waals surface area contributed by atoms with Gasteiger partial charge in [-0.05, 0) is 123 Å². The summed E-state index contributed by atoms with van der Waals surface area (Å²) in [7, 11) is 3.41. The number of allylic oxidation sites excluding steroid dienone is 5. The van der Waals surface area contributed by atoms with E-state index in [0.717, 1.165) is 78.8 Å². The lowest BCUT2D eigenvalue weighted by Gasteiger charge is -2.58. The number of nitrogens with one attached hydrogen (secondary N) is 3. The molecule has 13 heteroatoms. The third-order valence-corrected chi connectivity index (χ3v) is 18.3. The number of carbonyl (C=O) groups excluding carboxylic acids is 4. The zero-order valence-electron chi connectivity index (χ0n) is 34.3. The summed E-state index contributed by atoms with van der Waals surface area (Å²) < 4.78 is 13.1. The fourth-order valence-corrected chi connectivity index (χ4v) is 15.6. The van der Waals surface area contributed by atoms with Crippen molar-refractivity contribution in [3.63, 3.8) is 0 Å². The Hall–Kier alpha value is -3.52. The highest BCUT2D eigenvalue weighted by atomic mass is 33.1. The molecule has 9 unspecified atom stereocenters. The molecule has 59 heavy (non-hydrogen) atoms. The highest BCUT2D eigenvalue weighted by Gasteiger charge is 2.70. The van der Waals surface area contributed by atoms with Crippen LogP contribution in [0.2, 0.25) is 0 Å². The Morgan fingerprint density at radius 1 is 1.02 bits per heavy atom. The van der Waals surface area contributed by atoms with Crippen molar-refractivity contribution < 1.29 is 33.8 Å². The summed E-state index contributed by atoms with van der Waals surface area (Å²) in [6.07, 6.45) is 19.1. The Morgan fingerprint density at radius 2 is 1.81 bits per heavy atom. The molecule has 0 aromatic carbocycles. The number of rotatable bonds is 7. The molecular formula is C46H56N4O7S2. The van der Waals surface area contributed by atoms with Crippen LogP contribution in [0.1, 0.15) is 91.4 Å². The van der Waals surface area contributed by atoms with Crippen molar-refractivity contribution in [1.29, 1.82) is 0 Å². The molecule has 11 nitrogen and oxygen atoms in total. The van der Waals surface area contributed by atoms with Gasteiger partial charge in [0.05, 0.1) is 34.2 Å². The monoisotopic (exact) mass is 840 g/mol. The third-order valence-electron chi connectivity index (χ3n) is 15.7. The maximum absolute atomic E-state index is 14.9. The van der Waals surface area contributed by atoms with Gasteiger partial charge in [-0.2, -0.15) is 0 Å². The zero-order valence-corrected chi connectivity index (χ0v) is 35.9. The molecule has 0 aromatic rings. The standard InChI is InChI=1S/C46H56N4O7S2/c1-4-45(15-5-6-16-45)31-9-8-27-19-29-28-13-17-46(39(29)38-36(27)41(31)57-43(38)54)32-10-7-24(2)42(48-21-25(3)51)59-58-23-49-33-20-26(14-18-47-33)30(37(28)40(46)44(55)56-32)22-50-34(52)11-12-35(50)53/h10-12,14,20,24-25,27-30,39,42,47-49,51H,4-9,13,15-19,21-23H2,1-3H3. The topological polar surface area (TPSA) is 146 Å². The van der Waals surface area contributed by atoms with E-state index in [-0.39, 0.29) is 70.7 Å². The number of hydrogen-bond acceptors (Lipinski definition) is 12. The zero-order chi connectivity index (χ0) is 40.8. The minimum absolute atomic E-state index is 0.00606. The van der Waals surface area contributed by atoms with Crippen molar-refractivity contribution >= 4 is 45.3 Å². The Balaban J connectivity index is 1.18. The number of aliphatic hydroxyl groups is 1. The summed E-state index contributed by atoms with van der Waals surface area (Å²) >= 11 is 0.